The van der Waals surface area contributed by atoms with E-state index in [2.05, 4.69) is 17.4 Å². The molecule has 0 amide bonds. The van der Waals surface area contributed by atoms with Gasteiger partial charge in [0, 0.05) is 30.7 Å². The number of hydrogen-bond donors (Lipinski definition) is 2. The second-order valence-electron chi connectivity index (χ2n) is 5.37. The number of hydrogen-bond acceptors (Lipinski definition) is 3. The van der Waals surface area contributed by atoms with Crippen LogP contribution < -0.4 is 10.1 Å². The molecule has 3 rings (SSSR count). The van der Waals surface area contributed by atoms with Crippen LogP contribution in [0.15, 0.2) is 24.3 Å². The molecule has 98 valence electrons. The van der Waals surface area contributed by atoms with Crippen molar-refractivity contribution in [1.29, 1.82) is 0 Å². The van der Waals surface area contributed by atoms with Crippen molar-refractivity contribution in [3.8, 4) is 5.75 Å². The van der Waals surface area contributed by atoms with Crippen LogP contribution in [-0.2, 0) is 0 Å². The fourth-order valence-corrected chi connectivity index (χ4v) is 3.25. The molecule has 1 aromatic carbocycles. The molecule has 2 N–H and O–H groups in total. The van der Waals surface area contributed by atoms with Crippen molar-refractivity contribution in [2.45, 2.75) is 37.8 Å². The Kier molecular flexibility index (Phi) is 3.52. The maximum Gasteiger partial charge on any atom is 0.124 e. The Balaban J connectivity index is 1.74. The van der Waals surface area contributed by atoms with E-state index in [4.69, 9.17) is 4.74 Å². The summed E-state index contributed by atoms with van der Waals surface area (Å²) in [5, 5.41) is 13.1. The van der Waals surface area contributed by atoms with E-state index in [9.17, 15) is 5.11 Å². The van der Waals surface area contributed by atoms with Crippen LogP contribution in [-0.4, -0.2) is 24.4 Å². The van der Waals surface area contributed by atoms with Gasteiger partial charge in [0.1, 0.15) is 5.75 Å². The summed E-state index contributed by atoms with van der Waals surface area (Å²) in [5.74, 6) is 1.44. The number of nitrogens with one attached hydrogen (secondary N) is 1. The lowest BCUT2D eigenvalue weighted by molar-refractivity contribution is 0.186. The molecule has 3 unspecified atom stereocenters. The summed E-state index contributed by atoms with van der Waals surface area (Å²) in [5.41, 5.74) is 1.27. The lowest BCUT2D eigenvalue weighted by Crippen LogP contribution is -2.38. The van der Waals surface area contributed by atoms with Crippen LogP contribution in [0.3, 0.4) is 0 Å². The van der Waals surface area contributed by atoms with Crippen molar-refractivity contribution in [2.24, 2.45) is 5.92 Å². The normalized spacial score (nSPS) is 30.8. The summed E-state index contributed by atoms with van der Waals surface area (Å²) < 4.78 is 5.68. The van der Waals surface area contributed by atoms with Crippen LogP contribution in [0.1, 0.15) is 37.3 Å². The molecule has 0 bridgehead atoms. The molecule has 1 aliphatic heterocycles. The predicted octanol–water partition coefficient (Wildman–Crippen LogP) is 2.26. The zero-order chi connectivity index (χ0) is 12.4. The van der Waals surface area contributed by atoms with E-state index in [-0.39, 0.29) is 0 Å². The van der Waals surface area contributed by atoms with Crippen LogP contribution in [0.4, 0.5) is 0 Å². The maximum atomic E-state index is 9.40. The number of benzene rings is 1. The zero-order valence-electron chi connectivity index (χ0n) is 10.6. The lowest BCUT2D eigenvalue weighted by Gasteiger charge is -2.31. The minimum Gasteiger partial charge on any atom is -0.493 e. The number of aliphatic hydroxyl groups excluding tert-OH is 1. The molecule has 1 fully saturated rings. The highest BCUT2D eigenvalue weighted by molar-refractivity contribution is 5.37. The maximum absolute atomic E-state index is 9.40. The molecule has 1 aromatic rings. The van der Waals surface area contributed by atoms with E-state index in [0.717, 1.165) is 25.2 Å². The Bertz CT molecular complexity index is 407. The fraction of sp³-hybridized carbons (Fsp3) is 0.600. The predicted molar refractivity (Wildman–Crippen MR) is 70.6 cm³/mol. The molecule has 0 radical (unpaired) electrons. The highest BCUT2D eigenvalue weighted by atomic mass is 16.5. The molecule has 18 heavy (non-hydrogen) atoms. The van der Waals surface area contributed by atoms with Gasteiger partial charge in [-0.3, -0.25) is 0 Å². The molecule has 3 heteroatoms. The molecule has 2 aliphatic rings. The van der Waals surface area contributed by atoms with Crippen LogP contribution in [0, 0.1) is 5.92 Å². The summed E-state index contributed by atoms with van der Waals surface area (Å²) in [4.78, 5) is 0. The van der Waals surface area contributed by atoms with Crippen molar-refractivity contribution in [3.63, 3.8) is 0 Å². The van der Waals surface area contributed by atoms with Crippen molar-refractivity contribution >= 4 is 0 Å². The summed E-state index contributed by atoms with van der Waals surface area (Å²) in [6, 6.07) is 9.13. The van der Waals surface area contributed by atoms with E-state index < -0.39 is 0 Å². The van der Waals surface area contributed by atoms with Crippen LogP contribution in [0.25, 0.3) is 0 Å². The Morgan fingerprint density at radius 2 is 2.11 bits per heavy atom. The van der Waals surface area contributed by atoms with Gasteiger partial charge in [0.15, 0.2) is 0 Å². The molecular formula is C15H21NO2. The minimum atomic E-state index is 0.308. The minimum absolute atomic E-state index is 0.308. The summed E-state index contributed by atoms with van der Waals surface area (Å²) >= 11 is 0. The molecule has 0 saturated heterocycles. The third-order valence-electron chi connectivity index (χ3n) is 4.27. The number of ether oxygens (including phenoxy) is 1. The SMILES string of the molecule is OCC1CCCC1NC1CCOc2ccccc21. The first-order valence-electron chi connectivity index (χ1n) is 6.97. The van der Waals surface area contributed by atoms with Gasteiger partial charge in [0.25, 0.3) is 0 Å². The van der Waals surface area contributed by atoms with Crippen LogP contribution in [0.2, 0.25) is 0 Å². The molecule has 0 spiro atoms. The quantitative estimate of drug-likeness (QED) is 0.861. The Morgan fingerprint density at radius 1 is 1.22 bits per heavy atom. The van der Waals surface area contributed by atoms with Gasteiger partial charge in [-0.25, -0.2) is 0 Å². The second-order valence-corrected chi connectivity index (χ2v) is 5.37. The third-order valence-corrected chi connectivity index (χ3v) is 4.27. The summed E-state index contributed by atoms with van der Waals surface area (Å²) in [6.07, 6.45) is 4.59. The molecule has 3 atom stereocenters. The van der Waals surface area contributed by atoms with E-state index in [1.807, 2.05) is 12.1 Å². The average molecular weight is 247 g/mol. The van der Waals surface area contributed by atoms with Gasteiger partial charge in [-0.2, -0.15) is 0 Å². The largest absolute Gasteiger partial charge is 0.493 e. The molecule has 1 heterocycles. The highest BCUT2D eigenvalue weighted by Crippen LogP contribution is 2.34. The summed E-state index contributed by atoms with van der Waals surface area (Å²) in [7, 11) is 0. The van der Waals surface area contributed by atoms with Gasteiger partial charge in [-0.05, 0) is 24.8 Å². The van der Waals surface area contributed by atoms with Gasteiger partial charge >= 0.3 is 0 Å². The van der Waals surface area contributed by atoms with Crippen LogP contribution >= 0.6 is 0 Å². The number of para-hydroxylation sites is 1. The van der Waals surface area contributed by atoms with Crippen molar-refractivity contribution in [2.75, 3.05) is 13.2 Å². The molecule has 3 nitrogen and oxygen atoms in total. The van der Waals surface area contributed by atoms with E-state index >= 15 is 0 Å². The topological polar surface area (TPSA) is 41.5 Å². The third kappa shape index (κ3) is 2.25. The smallest absolute Gasteiger partial charge is 0.124 e. The standard InChI is InChI=1S/C15H21NO2/c17-10-11-4-3-6-13(11)16-14-8-9-18-15-7-2-1-5-12(14)15/h1-2,5,7,11,13-14,16-17H,3-4,6,8-10H2. The number of aliphatic hydroxyl groups is 1. The van der Waals surface area contributed by atoms with Gasteiger partial charge in [0.2, 0.25) is 0 Å². The Hall–Kier alpha value is -1.06. The van der Waals surface area contributed by atoms with E-state index in [1.165, 1.54) is 18.4 Å². The van der Waals surface area contributed by atoms with Gasteiger partial charge < -0.3 is 15.2 Å². The second kappa shape index (κ2) is 5.29. The Morgan fingerprint density at radius 3 is 3.00 bits per heavy atom. The first kappa shape index (κ1) is 12.0. The van der Waals surface area contributed by atoms with Crippen LogP contribution in [0.5, 0.6) is 5.75 Å². The average Bonchev–Trinajstić information content (AvgIpc) is 2.86. The molecular weight excluding hydrogens is 226 g/mol. The zero-order valence-corrected chi connectivity index (χ0v) is 10.6. The van der Waals surface area contributed by atoms with Gasteiger partial charge in [-0.15, -0.1) is 0 Å². The number of rotatable bonds is 3. The first-order chi connectivity index (χ1) is 8.88. The molecule has 1 saturated carbocycles. The monoisotopic (exact) mass is 247 g/mol. The lowest BCUT2D eigenvalue weighted by atomic mass is 9.97. The fourth-order valence-electron chi connectivity index (χ4n) is 3.25. The highest BCUT2D eigenvalue weighted by Gasteiger charge is 2.30. The van der Waals surface area contributed by atoms with E-state index in [0.29, 0.717) is 24.6 Å². The van der Waals surface area contributed by atoms with Gasteiger partial charge in [-0.1, -0.05) is 24.6 Å². The van der Waals surface area contributed by atoms with E-state index in [1.54, 1.807) is 0 Å². The first-order valence-corrected chi connectivity index (χ1v) is 6.97. The summed E-state index contributed by atoms with van der Waals surface area (Å²) in [6.45, 7) is 1.09. The van der Waals surface area contributed by atoms with Crippen molar-refractivity contribution < 1.29 is 9.84 Å². The van der Waals surface area contributed by atoms with Gasteiger partial charge in [0.05, 0.1) is 6.61 Å². The molecule has 1 aliphatic carbocycles. The number of fused-ring (bicyclic) bond motifs is 1. The van der Waals surface area contributed by atoms with Crippen molar-refractivity contribution in [3.05, 3.63) is 29.8 Å². The Labute approximate surface area is 108 Å². The van der Waals surface area contributed by atoms with Crippen molar-refractivity contribution in [1.82, 2.24) is 5.32 Å². The molecule has 0 aromatic heterocycles.